The van der Waals surface area contributed by atoms with Crippen molar-refractivity contribution in [3.05, 3.63) is 64.8 Å². The monoisotopic (exact) mass is 480 g/mol. The fourth-order valence-corrected chi connectivity index (χ4v) is 5.53. The van der Waals surface area contributed by atoms with Crippen molar-refractivity contribution in [2.45, 2.75) is 26.6 Å². The van der Waals surface area contributed by atoms with E-state index in [9.17, 15) is 13.3 Å². The van der Waals surface area contributed by atoms with Crippen molar-refractivity contribution in [3.8, 4) is 0 Å². The maximum atomic E-state index is 14.6. The second-order valence-electron chi connectivity index (χ2n) is 6.99. The second-order valence-corrected chi connectivity index (χ2v) is 9.40. The Hall–Kier alpha value is -2.45. The van der Waals surface area contributed by atoms with Crippen LogP contribution in [0.5, 0.6) is 0 Å². The van der Waals surface area contributed by atoms with Crippen LogP contribution in [0.1, 0.15) is 25.1 Å². The fourth-order valence-electron chi connectivity index (χ4n) is 3.62. The quantitative estimate of drug-likeness (QED) is 0.237. The number of hydrogen-bond donors (Lipinski definition) is 0. The summed E-state index contributed by atoms with van der Waals surface area (Å²) in [5, 5.41) is 0.286. The van der Waals surface area contributed by atoms with Crippen molar-refractivity contribution in [1.82, 2.24) is 19.5 Å². The van der Waals surface area contributed by atoms with Crippen molar-refractivity contribution < 1.29 is 22.4 Å². The Balaban J connectivity index is 1.71. The fraction of sp³-hybridized carbons (Fsp3) is 0.286. The number of aromatic nitrogens is 4. The van der Waals surface area contributed by atoms with Crippen LogP contribution in [0.4, 0.5) is 8.78 Å². The Kier molecular flexibility index (Phi) is 6.53. The van der Waals surface area contributed by atoms with Crippen LogP contribution in [0.25, 0.3) is 21.9 Å². The lowest BCUT2D eigenvalue weighted by Crippen LogP contribution is -2.04. The molecule has 11 heteroatoms. The highest BCUT2D eigenvalue weighted by molar-refractivity contribution is 7.53. The number of nitrogens with zero attached hydrogens (tertiary/aromatic N) is 4. The molecule has 0 radical (unpaired) electrons. The van der Waals surface area contributed by atoms with Gasteiger partial charge in [0.15, 0.2) is 5.15 Å². The molecule has 168 valence electrons. The van der Waals surface area contributed by atoms with Gasteiger partial charge in [-0.2, -0.15) is 0 Å². The Morgan fingerprint density at radius 3 is 2.50 bits per heavy atom. The van der Waals surface area contributed by atoms with E-state index in [2.05, 4.69) is 15.0 Å². The summed E-state index contributed by atoms with van der Waals surface area (Å²) in [6.45, 7) is 4.21. The third-order valence-electron chi connectivity index (χ3n) is 4.84. The third kappa shape index (κ3) is 4.38. The van der Waals surface area contributed by atoms with Crippen molar-refractivity contribution in [2.24, 2.45) is 0 Å². The number of fused-ring (bicyclic) bond motifs is 3. The second kappa shape index (κ2) is 9.19. The van der Waals surface area contributed by atoms with Gasteiger partial charge in [-0.05, 0) is 31.5 Å². The lowest BCUT2D eigenvalue weighted by atomic mass is 10.2. The van der Waals surface area contributed by atoms with Crippen LogP contribution in [0.3, 0.4) is 0 Å². The van der Waals surface area contributed by atoms with Crippen molar-refractivity contribution in [1.29, 1.82) is 0 Å². The SMILES string of the molecule is CCOP(=O)(Cc1ccc(Cn2c3cc(F)cc(F)c3c3ncnc(Cl)c32)nc1)OCC. The zero-order valence-electron chi connectivity index (χ0n) is 17.4. The Morgan fingerprint density at radius 1 is 1.09 bits per heavy atom. The average Bonchev–Trinajstić information content (AvgIpc) is 3.04. The summed E-state index contributed by atoms with van der Waals surface area (Å²) in [5.74, 6) is -1.45. The van der Waals surface area contributed by atoms with Crippen LogP contribution >= 0.6 is 19.2 Å². The molecule has 0 spiro atoms. The van der Waals surface area contributed by atoms with Gasteiger partial charge in [0, 0.05) is 12.3 Å². The summed E-state index contributed by atoms with van der Waals surface area (Å²) >= 11 is 6.28. The molecular formula is C21H20ClF2N4O3P. The first-order chi connectivity index (χ1) is 15.3. The van der Waals surface area contributed by atoms with E-state index in [1.807, 2.05) is 0 Å². The molecule has 32 heavy (non-hydrogen) atoms. The third-order valence-corrected chi connectivity index (χ3v) is 7.18. The molecule has 0 amide bonds. The summed E-state index contributed by atoms with van der Waals surface area (Å²) in [4.78, 5) is 12.6. The Morgan fingerprint density at radius 2 is 1.84 bits per heavy atom. The molecule has 0 N–H and O–H groups in total. The highest BCUT2D eigenvalue weighted by atomic mass is 35.5. The van der Waals surface area contributed by atoms with Crippen LogP contribution in [0.15, 0.2) is 36.8 Å². The maximum absolute atomic E-state index is 14.6. The molecule has 0 atom stereocenters. The minimum Gasteiger partial charge on any atom is -0.330 e. The molecule has 4 rings (SSSR count). The number of hydrogen-bond acceptors (Lipinski definition) is 6. The lowest BCUT2D eigenvalue weighted by molar-refractivity contribution is 0.219. The zero-order valence-corrected chi connectivity index (χ0v) is 19.0. The number of benzene rings is 1. The summed E-state index contributed by atoms with van der Waals surface area (Å²) in [5.41, 5.74) is 2.25. The predicted octanol–water partition coefficient (Wildman–Crippen LogP) is 5.73. The van der Waals surface area contributed by atoms with Gasteiger partial charge in [0.2, 0.25) is 0 Å². The molecule has 0 aliphatic rings. The van der Waals surface area contributed by atoms with Gasteiger partial charge >= 0.3 is 7.60 Å². The number of rotatable bonds is 8. The van der Waals surface area contributed by atoms with Gasteiger partial charge in [0.25, 0.3) is 0 Å². The van der Waals surface area contributed by atoms with E-state index in [4.69, 9.17) is 20.6 Å². The van der Waals surface area contributed by atoms with Crippen LogP contribution in [-0.4, -0.2) is 32.7 Å². The molecule has 7 nitrogen and oxygen atoms in total. The molecule has 3 aromatic heterocycles. The van der Waals surface area contributed by atoms with Crippen LogP contribution in [0, 0.1) is 11.6 Å². The van der Waals surface area contributed by atoms with Gasteiger partial charge in [-0.3, -0.25) is 9.55 Å². The summed E-state index contributed by atoms with van der Waals surface area (Å²) in [7, 11) is -3.26. The van der Waals surface area contributed by atoms with Gasteiger partial charge < -0.3 is 13.6 Å². The topological polar surface area (TPSA) is 79.1 Å². The molecule has 0 aliphatic heterocycles. The first-order valence-electron chi connectivity index (χ1n) is 9.94. The van der Waals surface area contributed by atoms with Crippen LogP contribution in [0.2, 0.25) is 5.15 Å². The number of halogens is 3. The molecule has 0 aliphatic carbocycles. The van der Waals surface area contributed by atoms with Crippen molar-refractivity contribution in [3.63, 3.8) is 0 Å². The summed E-state index contributed by atoms with van der Waals surface area (Å²) < 4.78 is 53.6. The lowest BCUT2D eigenvalue weighted by Gasteiger charge is -2.17. The summed E-state index contributed by atoms with van der Waals surface area (Å²) in [6.07, 6.45) is 2.90. The van der Waals surface area contributed by atoms with E-state index in [1.165, 1.54) is 12.4 Å². The molecule has 3 heterocycles. The molecule has 1 aromatic carbocycles. The first-order valence-corrected chi connectivity index (χ1v) is 12.0. The van der Waals surface area contributed by atoms with Crippen molar-refractivity contribution in [2.75, 3.05) is 13.2 Å². The molecule has 0 fully saturated rings. The van der Waals surface area contributed by atoms with Gasteiger partial charge in [-0.25, -0.2) is 18.7 Å². The molecule has 0 saturated carbocycles. The molecule has 0 unspecified atom stereocenters. The van der Waals surface area contributed by atoms with Gasteiger partial charge in [0.1, 0.15) is 29.0 Å². The van der Waals surface area contributed by atoms with E-state index >= 15 is 0 Å². The zero-order chi connectivity index (χ0) is 22.9. The smallest absolute Gasteiger partial charge is 0.330 e. The standard InChI is InChI=1S/C21H20ClF2N4O3P/c1-3-30-32(29,31-4-2)11-13-5-6-15(25-9-13)10-28-17-8-14(23)7-16(24)18(17)19-20(28)21(22)27-12-26-19/h5-9,12H,3-4,10-11H2,1-2H3. The van der Waals surface area contributed by atoms with Crippen LogP contribution in [-0.2, 0) is 26.3 Å². The maximum Gasteiger partial charge on any atom is 0.335 e. The van der Waals surface area contributed by atoms with E-state index in [0.717, 1.165) is 6.07 Å². The number of pyridine rings is 1. The van der Waals surface area contributed by atoms with Crippen LogP contribution < -0.4 is 0 Å². The van der Waals surface area contributed by atoms with Gasteiger partial charge in [-0.15, -0.1) is 0 Å². The average molecular weight is 481 g/mol. The normalized spacial score (nSPS) is 12.2. The largest absolute Gasteiger partial charge is 0.335 e. The van der Waals surface area contributed by atoms with E-state index in [1.54, 1.807) is 36.7 Å². The minimum atomic E-state index is -3.26. The van der Waals surface area contributed by atoms with E-state index < -0.39 is 19.2 Å². The Bertz CT molecular complexity index is 1320. The van der Waals surface area contributed by atoms with Gasteiger partial charge in [-0.1, -0.05) is 17.7 Å². The van der Waals surface area contributed by atoms with E-state index in [0.29, 0.717) is 27.8 Å². The van der Waals surface area contributed by atoms with E-state index in [-0.39, 0.29) is 36.5 Å². The van der Waals surface area contributed by atoms with Crippen molar-refractivity contribution >= 4 is 41.1 Å². The molecule has 0 saturated heterocycles. The predicted molar refractivity (Wildman–Crippen MR) is 118 cm³/mol. The summed E-state index contributed by atoms with van der Waals surface area (Å²) in [6, 6.07) is 5.54. The highest BCUT2D eigenvalue weighted by Gasteiger charge is 2.24. The molecule has 0 bridgehead atoms. The van der Waals surface area contributed by atoms with Gasteiger partial charge in [0.05, 0.1) is 42.5 Å². The highest BCUT2D eigenvalue weighted by Crippen LogP contribution is 2.51. The minimum absolute atomic E-state index is 0.0907. The molecular weight excluding hydrogens is 461 g/mol. The first kappa shape index (κ1) is 22.7. The molecule has 4 aromatic rings. The Labute approximate surface area is 187 Å².